The fraction of sp³-hybridized carbons (Fsp3) is 0.556. The van der Waals surface area contributed by atoms with E-state index in [1.807, 2.05) is 37.3 Å². The molecule has 1 aromatic rings. The van der Waals surface area contributed by atoms with Gasteiger partial charge in [-0.25, -0.2) is 0 Å². The van der Waals surface area contributed by atoms with Crippen LogP contribution in [0, 0.1) is 0 Å². The summed E-state index contributed by atoms with van der Waals surface area (Å²) in [7, 11) is 0. The number of hydrogen-bond acceptors (Lipinski definition) is 2. The fourth-order valence-corrected chi connectivity index (χ4v) is 2.95. The Morgan fingerprint density at radius 3 is 2.45 bits per heavy atom. The lowest BCUT2D eigenvalue weighted by Crippen LogP contribution is -2.42. The van der Waals surface area contributed by atoms with Gasteiger partial charge in [0.15, 0.2) is 0 Å². The minimum Gasteiger partial charge on any atom is -0.352 e. The van der Waals surface area contributed by atoms with Gasteiger partial charge in [-0.05, 0) is 24.3 Å². The van der Waals surface area contributed by atoms with Crippen molar-refractivity contribution in [3.63, 3.8) is 0 Å². The molecule has 4 nitrogen and oxygen atoms in total. The van der Waals surface area contributed by atoms with Crippen molar-refractivity contribution in [2.24, 2.45) is 0 Å². The summed E-state index contributed by atoms with van der Waals surface area (Å²) in [5.74, 6) is 0.00497. The summed E-state index contributed by atoms with van der Waals surface area (Å²) in [6, 6.07) is 10.2. The van der Waals surface area contributed by atoms with Gasteiger partial charge in [-0.1, -0.05) is 56.5 Å². The highest BCUT2D eigenvalue weighted by atomic mass is 16.2. The van der Waals surface area contributed by atoms with E-state index >= 15 is 0 Å². The van der Waals surface area contributed by atoms with E-state index in [0.29, 0.717) is 12.5 Å². The average Bonchev–Trinajstić information content (AvgIpc) is 2.55. The molecule has 1 saturated carbocycles. The SMILES string of the molecule is CC(CC(=O)NCC(=O)NC1CCCCC1)c1ccccc1. The molecule has 2 rings (SSSR count). The van der Waals surface area contributed by atoms with Crippen LogP contribution in [0.25, 0.3) is 0 Å². The van der Waals surface area contributed by atoms with Gasteiger partial charge in [-0.2, -0.15) is 0 Å². The zero-order chi connectivity index (χ0) is 15.8. The van der Waals surface area contributed by atoms with Gasteiger partial charge in [0.1, 0.15) is 0 Å². The summed E-state index contributed by atoms with van der Waals surface area (Å²) >= 11 is 0. The molecule has 1 aliphatic carbocycles. The maximum atomic E-state index is 11.9. The second-order valence-corrected chi connectivity index (χ2v) is 6.20. The monoisotopic (exact) mass is 302 g/mol. The molecule has 2 N–H and O–H groups in total. The first-order chi connectivity index (χ1) is 10.6. The van der Waals surface area contributed by atoms with Crippen LogP contribution in [0.1, 0.15) is 56.9 Å². The Morgan fingerprint density at radius 1 is 1.09 bits per heavy atom. The number of nitrogens with one attached hydrogen (secondary N) is 2. The first-order valence-corrected chi connectivity index (χ1v) is 8.26. The maximum Gasteiger partial charge on any atom is 0.239 e. The molecular formula is C18H26N2O2. The molecule has 1 aliphatic rings. The normalized spacial score (nSPS) is 16.8. The summed E-state index contributed by atoms with van der Waals surface area (Å²) < 4.78 is 0. The number of amides is 2. The van der Waals surface area contributed by atoms with Gasteiger partial charge in [0.25, 0.3) is 0 Å². The minimum atomic E-state index is -0.0763. The largest absolute Gasteiger partial charge is 0.352 e. The topological polar surface area (TPSA) is 58.2 Å². The smallest absolute Gasteiger partial charge is 0.239 e. The number of carbonyl (C=O) groups excluding carboxylic acids is 2. The second-order valence-electron chi connectivity index (χ2n) is 6.20. The predicted octanol–water partition coefficient (Wildman–Crippen LogP) is 2.75. The van der Waals surface area contributed by atoms with Gasteiger partial charge < -0.3 is 10.6 Å². The Kier molecular flexibility index (Phi) is 6.44. The first kappa shape index (κ1) is 16.5. The number of benzene rings is 1. The molecular weight excluding hydrogens is 276 g/mol. The van der Waals surface area contributed by atoms with Crippen LogP contribution in [0.3, 0.4) is 0 Å². The zero-order valence-electron chi connectivity index (χ0n) is 13.3. The van der Waals surface area contributed by atoms with Gasteiger partial charge in [0.05, 0.1) is 6.54 Å². The van der Waals surface area contributed by atoms with E-state index in [4.69, 9.17) is 0 Å². The summed E-state index contributed by atoms with van der Waals surface area (Å²) in [6.07, 6.45) is 6.16. The van der Waals surface area contributed by atoms with E-state index in [9.17, 15) is 9.59 Å². The van der Waals surface area contributed by atoms with Crippen LogP contribution < -0.4 is 10.6 Å². The molecule has 2 amide bonds. The Balaban J connectivity index is 1.67. The average molecular weight is 302 g/mol. The van der Waals surface area contributed by atoms with Crippen molar-refractivity contribution in [2.45, 2.75) is 57.4 Å². The number of rotatable bonds is 6. The molecule has 1 atom stereocenters. The number of carbonyl (C=O) groups is 2. The van der Waals surface area contributed by atoms with Gasteiger partial charge in [0.2, 0.25) is 11.8 Å². The van der Waals surface area contributed by atoms with Crippen molar-refractivity contribution >= 4 is 11.8 Å². The molecule has 0 spiro atoms. The summed E-state index contributed by atoms with van der Waals surface area (Å²) in [5.41, 5.74) is 1.14. The molecule has 120 valence electrons. The van der Waals surface area contributed by atoms with Crippen molar-refractivity contribution in [1.29, 1.82) is 0 Å². The molecule has 22 heavy (non-hydrogen) atoms. The van der Waals surface area contributed by atoms with E-state index in [0.717, 1.165) is 18.4 Å². The Hall–Kier alpha value is -1.84. The van der Waals surface area contributed by atoms with E-state index in [1.165, 1.54) is 19.3 Å². The zero-order valence-corrected chi connectivity index (χ0v) is 13.3. The Labute approximate surface area is 132 Å². The summed E-state index contributed by atoms with van der Waals surface area (Å²) in [5, 5.41) is 5.73. The second kappa shape index (κ2) is 8.57. The third-order valence-corrected chi connectivity index (χ3v) is 4.28. The predicted molar refractivity (Wildman–Crippen MR) is 87.5 cm³/mol. The highest BCUT2D eigenvalue weighted by molar-refractivity contribution is 5.85. The van der Waals surface area contributed by atoms with E-state index in [1.54, 1.807) is 0 Å². The highest BCUT2D eigenvalue weighted by Gasteiger charge is 2.16. The lowest BCUT2D eigenvalue weighted by Gasteiger charge is -2.22. The van der Waals surface area contributed by atoms with Crippen LogP contribution in [-0.4, -0.2) is 24.4 Å². The van der Waals surface area contributed by atoms with Crippen molar-refractivity contribution in [3.8, 4) is 0 Å². The van der Waals surface area contributed by atoms with Crippen molar-refractivity contribution in [3.05, 3.63) is 35.9 Å². The van der Waals surface area contributed by atoms with Crippen LogP contribution in [0.4, 0.5) is 0 Å². The lowest BCUT2D eigenvalue weighted by molar-refractivity contribution is -0.126. The Morgan fingerprint density at radius 2 is 1.77 bits per heavy atom. The van der Waals surface area contributed by atoms with Crippen LogP contribution >= 0.6 is 0 Å². The van der Waals surface area contributed by atoms with Gasteiger partial charge in [-0.3, -0.25) is 9.59 Å². The molecule has 0 saturated heterocycles. The molecule has 1 aromatic carbocycles. The van der Waals surface area contributed by atoms with Crippen molar-refractivity contribution < 1.29 is 9.59 Å². The molecule has 1 fully saturated rings. The van der Waals surface area contributed by atoms with Crippen LogP contribution in [0.15, 0.2) is 30.3 Å². The summed E-state index contributed by atoms with van der Waals surface area (Å²) in [4.78, 5) is 23.8. The van der Waals surface area contributed by atoms with E-state index < -0.39 is 0 Å². The van der Waals surface area contributed by atoms with Crippen LogP contribution in [0.5, 0.6) is 0 Å². The van der Waals surface area contributed by atoms with Crippen molar-refractivity contribution in [2.75, 3.05) is 6.54 Å². The highest BCUT2D eigenvalue weighted by Crippen LogP contribution is 2.18. The van der Waals surface area contributed by atoms with Crippen LogP contribution in [0.2, 0.25) is 0 Å². The standard InChI is InChI=1S/C18H26N2O2/c1-14(15-8-4-2-5-9-15)12-17(21)19-13-18(22)20-16-10-6-3-7-11-16/h2,4-5,8-9,14,16H,3,6-7,10-13H2,1H3,(H,19,21)(H,20,22). The molecule has 4 heteroatoms. The molecule has 0 aliphatic heterocycles. The minimum absolute atomic E-state index is 0.0739. The molecule has 1 unspecified atom stereocenters. The third kappa shape index (κ3) is 5.51. The van der Waals surface area contributed by atoms with Gasteiger partial charge in [-0.15, -0.1) is 0 Å². The van der Waals surface area contributed by atoms with E-state index in [-0.39, 0.29) is 24.3 Å². The molecule has 0 bridgehead atoms. The van der Waals surface area contributed by atoms with E-state index in [2.05, 4.69) is 10.6 Å². The van der Waals surface area contributed by atoms with Crippen molar-refractivity contribution in [1.82, 2.24) is 10.6 Å². The number of hydrogen-bond donors (Lipinski definition) is 2. The fourth-order valence-electron chi connectivity index (χ4n) is 2.95. The molecule has 0 radical (unpaired) electrons. The maximum absolute atomic E-state index is 11.9. The Bertz CT molecular complexity index is 481. The van der Waals surface area contributed by atoms with Gasteiger partial charge in [0, 0.05) is 12.5 Å². The first-order valence-electron chi connectivity index (χ1n) is 8.26. The third-order valence-electron chi connectivity index (χ3n) is 4.28. The van der Waals surface area contributed by atoms with Crippen LogP contribution in [-0.2, 0) is 9.59 Å². The lowest BCUT2D eigenvalue weighted by atomic mass is 9.95. The quantitative estimate of drug-likeness (QED) is 0.849. The summed E-state index contributed by atoms with van der Waals surface area (Å²) in [6.45, 7) is 2.11. The van der Waals surface area contributed by atoms with Gasteiger partial charge >= 0.3 is 0 Å². The molecule has 0 heterocycles. The molecule has 0 aromatic heterocycles.